The highest BCUT2D eigenvalue weighted by molar-refractivity contribution is 5.83. The van der Waals surface area contributed by atoms with Crippen LogP contribution in [0, 0.1) is 11.8 Å². The second-order valence-corrected chi connectivity index (χ2v) is 3.64. The lowest BCUT2D eigenvalue weighted by molar-refractivity contribution is -0.320. The third kappa shape index (κ3) is 2.03. The summed E-state index contributed by atoms with van der Waals surface area (Å²) in [6.45, 7) is 4.01. The normalized spacial score (nSPS) is 27.1. The summed E-state index contributed by atoms with van der Waals surface area (Å²) in [4.78, 5) is 21.9. The van der Waals surface area contributed by atoms with E-state index in [-0.39, 0.29) is 19.6 Å². The Balaban J connectivity index is 2.86. The van der Waals surface area contributed by atoms with Crippen LogP contribution in [0.15, 0.2) is 0 Å². The molecule has 0 aliphatic heterocycles. The lowest BCUT2D eigenvalue weighted by Crippen LogP contribution is -2.62. The third-order valence-electron chi connectivity index (χ3n) is 2.74. The van der Waals surface area contributed by atoms with Gasteiger partial charge in [0.2, 0.25) is 0 Å². The van der Waals surface area contributed by atoms with Crippen molar-refractivity contribution in [2.45, 2.75) is 26.1 Å². The third-order valence-corrected chi connectivity index (χ3v) is 2.74. The average Bonchev–Trinajstić information content (AvgIpc) is 2.12. The Morgan fingerprint density at radius 1 is 1.19 bits per heavy atom. The average molecular weight is 232 g/mol. The van der Waals surface area contributed by atoms with Crippen LogP contribution < -0.4 is 0 Å². The van der Waals surface area contributed by atoms with Gasteiger partial charge in [-0.1, -0.05) is 0 Å². The summed E-state index contributed by atoms with van der Waals surface area (Å²) in [6.07, 6.45) is 0.0843. The molecule has 0 aromatic heterocycles. The molecule has 0 saturated heterocycles. The maximum absolute atomic E-state index is 11.0. The molecule has 0 bridgehead atoms. The number of carboxylic acid groups (broad SMARTS) is 2. The van der Waals surface area contributed by atoms with Crippen LogP contribution >= 0.6 is 0 Å². The summed E-state index contributed by atoms with van der Waals surface area (Å²) in [5.74, 6) is -5.65. The van der Waals surface area contributed by atoms with E-state index in [0.29, 0.717) is 0 Å². The molecule has 0 unspecified atom stereocenters. The molecule has 92 valence electrons. The van der Waals surface area contributed by atoms with Crippen molar-refractivity contribution in [2.24, 2.45) is 11.8 Å². The van der Waals surface area contributed by atoms with Gasteiger partial charge in [0.05, 0.1) is 5.92 Å². The van der Waals surface area contributed by atoms with Crippen LogP contribution in [0.4, 0.5) is 0 Å². The van der Waals surface area contributed by atoms with Gasteiger partial charge in [-0.3, -0.25) is 9.59 Å². The molecule has 6 heteroatoms. The number of ether oxygens (including phenoxy) is 2. The molecular formula is C10H16O6. The topological polar surface area (TPSA) is 93.1 Å². The molecule has 0 spiro atoms. The van der Waals surface area contributed by atoms with Gasteiger partial charge >= 0.3 is 11.9 Å². The van der Waals surface area contributed by atoms with Gasteiger partial charge in [-0.2, -0.15) is 0 Å². The molecule has 2 N–H and O–H groups in total. The van der Waals surface area contributed by atoms with Crippen molar-refractivity contribution in [3.63, 3.8) is 0 Å². The number of hydrogen-bond acceptors (Lipinski definition) is 4. The molecule has 0 amide bonds. The summed E-state index contributed by atoms with van der Waals surface area (Å²) in [6, 6.07) is 0. The monoisotopic (exact) mass is 232 g/mol. The highest BCUT2D eigenvalue weighted by atomic mass is 16.7. The van der Waals surface area contributed by atoms with Crippen LogP contribution in [0.5, 0.6) is 0 Å². The van der Waals surface area contributed by atoms with E-state index >= 15 is 0 Å². The molecule has 0 radical (unpaired) electrons. The van der Waals surface area contributed by atoms with Gasteiger partial charge in [0.15, 0.2) is 5.79 Å². The molecule has 1 fully saturated rings. The maximum atomic E-state index is 11.0. The molecule has 1 aliphatic carbocycles. The van der Waals surface area contributed by atoms with Crippen molar-refractivity contribution in [3.8, 4) is 0 Å². The summed E-state index contributed by atoms with van der Waals surface area (Å²) in [5.41, 5.74) is 0. The first-order valence-corrected chi connectivity index (χ1v) is 5.22. The first kappa shape index (κ1) is 12.9. The number of rotatable bonds is 6. The van der Waals surface area contributed by atoms with E-state index in [2.05, 4.69) is 0 Å². The lowest BCUT2D eigenvalue weighted by Gasteiger charge is -2.49. The van der Waals surface area contributed by atoms with Crippen molar-refractivity contribution >= 4 is 11.9 Å². The summed E-state index contributed by atoms with van der Waals surface area (Å²) < 4.78 is 10.6. The van der Waals surface area contributed by atoms with E-state index in [4.69, 9.17) is 19.7 Å². The van der Waals surface area contributed by atoms with Crippen molar-refractivity contribution in [1.29, 1.82) is 0 Å². The minimum Gasteiger partial charge on any atom is -0.481 e. The number of carbonyl (C=O) groups is 2. The maximum Gasteiger partial charge on any atom is 0.312 e. The zero-order chi connectivity index (χ0) is 12.3. The van der Waals surface area contributed by atoms with Gasteiger partial charge in [0.25, 0.3) is 0 Å². The van der Waals surface area contributed by atoms with Gasteiger partial charge < -0.3 is 19.7 Å². The number of carboxylic acids is 2. The first-order valence-electron chi connectivity index (χ1n) is 5.22. The fraction of sp³-hybridized carbons (Fsp3) is 0.800. The molecule has 6 nitrogen and oxygen atoms in total. The Labute approximate surface area is 93.2 Å². The van der Waals surface area contributed by atoms with Crippen molar-refractivity contribution in [1.82, 2.24) is 0 Å². The molecule has 2 atom stereocenters. The van der Waals surface area contributed by atoms with Crippen molar-refractivity contribution in [2.75, 3.05) is 13.2 Å². The Bertz CT molecular complexity index is 281. The fourth-order valence-electron chi connectivity index (χ4n) is 2.12. The predicted octanol–water partition coefficient (Wildman–Crippen LogP) is 0.561. The lowest BCUT2D eigenvalue weighted by atomic mass is 9.67. The molecule has 0 aromatic rings. The Morgan fingerprint density at radius 3 is 2.00 bits per heavy atom. The molecule has 0 heterocycles. The van der Waals surface area contributed by atoms with Crippen LogP contribution in [0.2, 0.25) is 0 Å². The first-order chi connectivity index (χ1) is 7.48. The van der Waals surface area contributed by atoms with Gasteiger partial charge in [-0.05, 0) is 13.8 Å². The number of aliphatic carboxylic acids is 2. The van der Waals surface area contributed by atoms with Gasteiger partial charge in [0.1, 0.15) is 5.92 Å². The smallest absolute Gasteiger partial charge is 0.312 e. The summed E-state index contributed by atoms with van der Waals surface area (Å²) in [7, 11) is 0. The van der Waals surface area contributed by atoms with Gasteiger partial charge in [0, 0.05) is 19.6 Å². The van der Waals surface area contributed by atoms with E-state index in [0.717, 1.165) is 0 Å². The van der Waals surface area contributed by atoms with Crippen molar-refractivity contribution < 1.29 is 29.3 Å². The highest BCUT2D eigenvalue weighted by Crippen LogP contribution is 2.48. The SMILES string of the molecule is CCOC1(OCC)C[C@@H](C(=O)O)[C@@H]1C(=O)O. The second-order valence-electron chi connectivity index (χ2n) is 3.64. The summed E-state index contributed by atoms with van der Waals surface area (Å²) >= 11 is 0. The molecule has 0 aromatic carbocycles. The van der Waals surface area contributed by atoms with Gasteiger partial charge in [-0.15, -0.1) is 0 Å². The van der Waals surface area contributed by atoms with E-state index in [1.807, 2.05) is 0 Å². The molecule has 16 heavy (non-hydrogen) atoms. The molecular weight excluding hydrogens is 216 g/mol. The van der Waals surface area contributed by atoms with Crippen LogP contribution in [0.3, 0.4) is 0 Å². The van der Waals surface area contributed by atoms with Crippen LogP contribution in [0.1, 0.15) is 20.3 Å². The largest absolute Gasteiger partial charge is 0.481 e. The van der Waals surface area contributed by atoms with E-state index in [9.17, 15) is 9.59 Å². The zero-order valence-electron chi connectivity index (χ0n) is 9.30. The van der Waals surface area contributed by atoms with Crippen LogP contribution in [0.25, 0.3) is 0 Å². The Hall–Kier alpha value is -1.14. The zero-order valence-corrected chi connectivity index (χ0v) is 9.30. The standard InChI is InChI=1S/C10H16O6/c1-3-15-10(16-4-2)5-6(8(11)12)7(10)9(13)14/h6-7H,3-5H2,1-2H3,(H,11,12)(H,13,14)/t6-,7-/m1/s1. The minimum absolute atomic E-state index is 0.0843. The predicted molar refractivity (Wildman–Crippen MR) is 52.9 cm³/mol. The number of hydrogen-bond donors (Lipinski definition) is 2. The molecule has 1 saturated carbocycles. The Kier molecular flexibility index (Phi) is 3.88. The van der Waals surface area contributed by atoms with E-state index in [1.165, 1.54) is 0 Å². The van der Waals surface area contributed by atoms with E-state index in [1.54, 1.807) is 13.8 Å². The quantitative estimate of drug-likeness (QED) is 0.650. The minimum atomic E-state index is -1.27. The van der Waals surface area contributed by atoms with Crippen LogP contribution in [-0.2, 0) is 19.1 Å². The molecule has 1 rings (SSSR count). The van der Waals surface area contributed by atoms with Crippen LogP contribution in [-0.4, -0.2) is 41.2 Å². The van der Waals surface area contributed by atoms with Crippen molar-refractivity contribution in [3.05, 3.63) is 0 Å². The van der Waals surface area contributed by atoms with E-state index < -0.39 is 29.6 Å². The fourth-order valence-corrected chi connectivity index (χ4v) is 2.12. The summed E-state index contributed by atoms with van der Waals surface area (Å²) in [5, 5.41) is 17.9. The second kappa shape index (κ2) is 4.80. The Morgan fingerprint density at radius 2 is 1.69 bits per heavy atom. The highest BCUT2D eigenvalue weighted by Gasteiger charge is 2.63. The molecule has 1 aliphatic rings. The van der Waals surface area contributed by atoms with Gasteiger partial charge in [-0.25, -0.2) is 0 Å².